The van der Waals surface area contributed by atoms with E-state index in [1.165, 1.54) is 4.57 Å². The number of rotatable bonds is 7. The van der Waals surface area contributed by atoms with Crippen LogP contribution < -0.4 is 20.3 Å². The number of carbonyl (C=O) groups is 1. The van der Waals surface area contributed by atoms with Crippen molar-refractivity contribution in [2.45, 2.75) is 19.9 Å². The van der Waals surface area contributed by atoms with Gasteiger partial charge < -0.3 is 19.4 Å². The van der Waals surface area contributed by atoms with Crippen molar-refractivity contribution in [1.29, 1.82) is 0 Å². The number of benzene rings is 1. The molecular formula is C18H22N2O4. The molecule has 2 rings (SSSR count). The number of methoxy groups -OCH3 is 2. The number of aromatic nitrogens is 1. The van der Waals surface area contributed by atoms with Gasteiger partial charge in [0.15, 0.2) is 11.5 Å². The highest BCUT2D eigenvalue weighted by atomic mass is 16.5. The molecule has 6 heteroatoms. The van der Waals surface area contributed by atoms with Crippen LogP contribution in [0.25, 0.3) is 0 Å². The van der Waals surface area contributed by atoms with Crippen molar-refractivity contribution in [2.75, 3.05) is 20.8 Å². The van der Waals surface area contributed by atoms with Gasteiger partial charge >= 0.3 is 0 Å². The van der Waals surface area contributed by atoms with Crippen molar-refractivity contribution in [3.63, 3.8) is 0 Å². The van der Waals surface area contributed by atoms with Gasteiger partial charge in [0.1, 0.15) is 6.54 Å². The van der Waals surface area contributed by atoms with E-state index in [0.29, 0.717) is 30.0 Å². The van der Waals surface area contributed by atoms with Crippen molar-refractivity contribution in [2.24, 2.45) is 0 Å². The number of pyridine rings is 1. The van der Waals surface area contributed by atoms with Crippen LogP contribution in [0.5, 0.6) is 11.5 Å². The summed E-state index contributed by atoms with van der Waals surface area (Å²) < 4.78 is 11.9. The molecule has 2 aromatic rings. The molecule has 6 nitrogen and oxygen atoms in total. The van der Waals surface area contributed by atoms with Crippen molar-refractivity contribution >= 4 is 5.91 Å². The molecule has 0 bridgehead atoms. The van der Waals surface area contributed by atoms with Crippen LogP contribution in [0, 0.1) is 6.92 Å². The number of carbonyl (C=O) groups excluding carboxylic acids is 1. The summed E-state index contributed by atoms with van der Waals surface area (Å²) in [6, 6.07) is 9.14. The molecule has 0 saturated heterocycles. The number of aryl methyl sites for hydroxylation is 1. The van der Waals surface area contributed by atoms with Gasteiger partial charge in [-0.25, -0.2) is 0 Å². The molecule has 128 valence electrons. The van der Waals surface area contributed by atoms with Crippen LogP contribution in [0.15, 0.2) is 41.3 Å². The first-order valence-corrected chi connectivity index (χ1v) is 7.69. The Morgan fingerprint density at radius 2 is 1.92 bits per heavy atom. The summed E-state index contributed by atoms with van der Waals surface area (Å²) in [7, 11) is 3.17. The van der Waals surface area contributed by atoms with E-state index in [1.54, 1.807) is 39.5 Å². The fourth-order valence-electron chi connectivity index (χ4n) is 2.37. The molecule has 0 atom stereocenters. The molecule has 1 N–H and O–H groups in total. The van der Waals surface area contributed by atoms with Crippen LogP contribution >= 0.6 is 0 Å². The molecule has 1 amide bonds. The summed E-state index contributed by atoms with van der Waals surface area (Å²) in [6.07, 6.45) is 2.28. The Kier molecular flexibility index (Phi) is 6.01. The lowest BCUT2D eigenvalue weighted by Crippen LogP contribution is -2.33. The maximum Gasteiger partial charge on any atom is 0.253 e. The molecule has 24 heavy (non-hydrogen) atoms. The predicted molar refractivity (Wildman–Crippen MR) is 91.7 cm³/mol. The highest BCUT2D eigenvalue weighted by Crippen LogP contribution is 2.27. The SMILES string of the molecule is COc1ccc(CCNC(=O)Cn2cccc(C)c2=O)cc1OC. The zero-order valence-electron chi connectivity index (χ0n) is 14.2. The minimum absolute atomic E-state index is 0.0203. The normalized spacial score (nSPS) is 10.3. The molecule has 0 aliphatic heterocycles. The van der Waals surface area contributed by atoms with Crippen molar-refractivity contribution in [1.82, 2.24) is 9.88 Å². The third-order valence-electron chi connectivity index (χ3n) is 3.71. The molecule has 0 aliphatic rings. The van der Waals surface area contributed by atoms with E-state index >= 15 is 0 Å². The van der Waals surface area contributed by atoms with Gasteiger partial charge in [0, 0.05) is 18.3 Å². The third-order valence-corrected chi connectivity index (χ3v) is 3.71. The number of amides is 1. The van der Waals surface area contributed by atoms with Gasteiger partial charge in [-0.1, -0.05) is 12.1 Å². The average molecular weight is 330 g/mol. The van der Waals surface area contributed by atoms with Gasteiger partial charge in [-0.15, -0.1) is 0 Å². The van der Waals surface area contributed by atoms with Crippen LogP contribution in [0.3, 0.4) is 0 Å². The van der Waals surface area contributed by atoms with Crippen LogP contribution in [-0.2, 0) is 17.8 Å². The minimum atomic E-state index is -0.192. The summed E-state index contributed by atoms with van der Waals surface area (Å²) in [5.41, 5.74) is 1.50. The molecule has 0 radical (unpaired) electrons. The summed E-state index contributed by atoms with van der Waals surface area (Å²) >= 11 is 0. The van der Waals surface area contributed by atoms with E-state index in [4.69, 9.17) is 9.47 Å². The lowest BCUT2D eigenvalue weighted by Gasteiger charge is -2.10. The Bertz CT molecular complexity index is 768. The first-order chi connectivity index (χ1) is 11.5. The quantitative estimate of drug-likeness (QED) is 0.836. The molecule has 1 aromatic heterocycles. The molecule has 1 heterocycles. The monoisotopic (exact) mass is 330 g/mol. The number of nitrogens with one attached hydrogen (secondary N) is 1. The molecule has 0 saturated carbocycles. The number of nitrogens with zero attached hydrogens (tertiary/aromatic N) is 1. The van der Waals surface area contributed by atoms with Gasteiger partial charge in [0.2, 0.25) is 5.91 Å². The number of hydrogen-bond donors (Lipinski definition) is 1. The maximum atomic E-state index is 12.0. The van der Waals surface area contributed by atoms with E-state index in [2.05, 4.69) is 5.32 Å². The molecule has 0 fully saturated rings. The highest BCUT2D eigenvalue weighted by Gasteiger charge is 2.07. The zero-order valence-corrected chi connectivity index (χ0v) is 14.2. The minimum Gasteiger partial charge on any atom is -0.493 e. The second-order valence-corrected chi connectivity index (χ2v) is 5.41. The second kappa shape index (κ2) is 8.19. The van der Waals surface area contributed by atoms with Gasteiger partial charge in [-0.2, -0.15) is 0 Å². The highest BCUT2D eigenvalue weighted by molar-refractivity contribution is 5.75. The molecule has 1 aromatic carbocycles. The first-order valence-electron chi connectivity index (χ1n) is 7.69. The topological polar surface area (TPSA) is 69.6 Å². The standard InChI is InChI=1S/C18H22N2O4/c1-13-5-4-10-20(18(13)22)12-17(21)19-9-8-14-6-7-15(23-2)16(11-14)24-3/h4-7,10-11H,8-9,12H2,1-3H3,(H,19,21). The lowest BCUT2D eigenvalue weighted by atomic mass is 10.1. The molecule has 0 unspecified atom stereocenters. The number of ether oxygens (including phenoxy) is 2. The predicted octanol–water partition coefficient (Wildman–Crippen LogP) is 1.53. The third kappa shape index (κ3) is 4.38. The fraction of sp³-hybridized carbons (Fsp3) is 0.333. The maximum absolute atomic E-state index is 12.0. The van der Waals surface area contributed by atoms with Crippen LogP contribution in [0.1, 0.15) is 11.1 Å². The Balaban J connectivity index is 1.89. The molecular weight excluding hydrogens is 308 g/mol. The van der Waals surface area contributed by atoms with Crippen LogP contribution in [0.4, 0.5) is 0 Å². The van der Waals surface area contributed by atoms with Gasteiger partial charge in [-0.05, 0) is 37.1 Å². The first kappa shape index (κ1) is 17.6. The van der Waals surface area contributed by atoms with Gasteiger partial charge in [0.05, 0.1) is 14.2 Å². The van der Waals surface area contributed by atoms with Crippen molar-refractivity contribution in [3.05, 3.63) is 58.0 Å². The second-order valence-electron chi connectivity index (χ2n) is 5.41. The van der Waals surface area contributed by atoms with Gasteiger partial charge in [0.25, 0.3) is 5.56 Å². The summed E-state index contributed by atoms with van der Waals surface area (Å²) in [4.78, 5) is 23.9. The zero-order chi connectivity index (χ0) is 17.5. The van der Waals surface area contributed by atoms with Gasteiger partial charge in [-0.3, -0.25) is 9.59 Å². The largest absolute Gasteiger partial charge is 0.493 e. The van der Waals surface area contributed by atoms with Crippen molar-refractivity contribution in [3.8, 4) is 11.5 Å². The van der Waals surface area contributed by atoms with E-state index in [0.717, 1.165) is 5.56 Å². The molecule has 0 spiro atoms. The van der Waals surface area contributed by atoms with Crippen LogP contribution in [0.2, 0.25) is 0 Å². The van der Waals surface area contributed by atoms with E-state index in [-0.39, 0.29) is 18.0 Å². The summed E-state index contributed by atoms with van der Waals surface area (Å²) in [6.45, 7) is 2.23. The Labute approximate surface area is 141 Å². The average Bonchev–Trinajstić information content (AvgIpc) is 2.58. The van der Waals surface area contributed by atoms with Crippen LogP contribution in [-0.4, -0.2) is 31.2 Å². The van der Waals surface area contributed by atoms with E-state index in [1.807, 2.05) is 18.2 Å². The summed E-state index contributed by atoms with van der Waals surface area (Å²) in [5, 5.41) is 2.82. The molecule has 0 aliphatic carbocycles. The summed E-state index contributed by atoms with van der Waals surface area (Å²) in [5.74, 6) is 1.14. The lowest BCUT2D eigenvalue weighted by molar-refractivity contribution is -0.121. The van der Waals surface area contributed by atoms with Crippen molar-refractivity contribution < 1.29 is 14.3 Å². The Morgan fingerprint density at radius 1 is 1.17 bits per heavy atom. The van der Waals surface area contributed by atoms with E-state index < -0.39 is 0 Å². The van der Waals surface area contributed by atoms with E-state index in [9.17, 15) is 9.59 Å². The Hall–Kier alpha value is -2.76. The Morgan fingerprint density at radius 3 is 2.62 bits per heavy atom. The fourth-order valence-corrected chi connectivity index (χ4v) is 2.37. The smallest absolute Gasteiger partial charge is 0.253 e. The number of hydrogen-bond acceptors (Lipinski definition) is 4.